The van der Waals surface area contributed by atoms with Crippen LogP contribution in [-0.4, -0.2) is 66.7 Å². The SMILES string of the molecule is COc1ccc2ccc(N3C(=O)c4ccccc4C3OCC(=O)N3CCOCC3)nc2n1. The maximum absolute atomic E-state index is 13.3. The Morgan fingerprint density at radius 1 is 1.09 bits per heavy atom. The molecule has 0 spiro atoms. The summed E-state index contributed by atoms with van der Waals surface area (Å²) in [6, 6.07) is 14.4. The molecular formula is C23H22N4O5. The number of morpholine rings is 1. The number of hydrogen-bond acceptors (Lipinski definition) is 7. The second kappa shape index (κ2) is 8.52. The minimum atomic E-state index is -0.765. The van der Waals surface area contributed by atoms with Gasteiger partial charge < -0.3 is 19.1 Å². The number of ether oxygens (including phenoxy) is 3. The van der Waals surface area contributed by atoms with Crippen molar-refractivity contribution in [2.45, 2.75) is 6.23 Å². The number of methoxy groups -OCH3 is 1. The van der Waals surface area contributed by atoms with Crippen molar-refractivity contribution < 1.29 is 23.8 Å². The first-order chi connectivity index (χ1) is 15.7. The van der Waals surface area contributed by atoms with Gasteiger partial charge in [0.25, 0.3) is 5.91 Å². The van der Waals surface area contributed by atoms with Gasteiger partial charge in [-0.2, -0.15) is 4.98 Å². The molecule has 5 rings (SSSR count). The number of rotatable bonds is 5. The molecule has 0 radical (unpaired) electrons. The largest absolute Gasteiger partial charge is 0.481 e. The zero-order valence-electron chi connectivity index (χ0n) is 17.6. The lowest BCUT2D eigenvalue weighted by atomic mass is 10.1. The third-order valence-electron chi connectivity index (χ3n) is 5.61. The number of pyridine rings is 2. The fourth-order valence-electron chi connectivity index (χ4n) is 3.94. The minimum absolute atomic E-state index is 0.136. The molecule has 1 saturated heterocycles. The van der Waals surface area contributed by atoms with Crippen LogP contribution in [0.25, 0.3) is 11.0 Å². The molecule has 0 bridgehead atoms. The summed E-state index contributed by atoms with van der Waals surface area (Å²) >= 11 is 0. The molecular weight excluding hydrogens is 412 g/mol. The molecule has 1 fully saturated rings. The van der Waals surface area contributed by atoms with E-state index in [0.717, 1.165) is 5.39 Å². The van der Waals surface area contributed by atoms with E-state index in [0.29, 0.717) is 54.8 Å². The van der Waals surface area contributed by atoms with Crippen molar-refractivity contribution in [2.24, 2.45) is 0 Å². The molecule has 9 nitrogen and oxygen atoms in total. The van der Waals surface area contributed by atoms with E-state index in [1.807, 2.05) is 24.3 Å². The fourth-order valence-corrected chi connectivity index (χ4v) is 3.94. The van der Waals surface area contributed by atoms with E-state index in [2.05, 4.69) is 9.97 Å². The van der Waals surface area contributed by atoms with Crippen LogP contribution in [0.5, 0.6) is 5.88 Å². The van der Waals surface area contributed by atoms with Gasteiger partial charge in [-0.1, -0.05) is 18.2 Å². The number of amides is 2. The molecule has 2 aliphatic rings. The Labute approximate surface area is 184 Å². The topological polar surface area (TPSA) is 94.1 Å². The number of anilines is 1. The van der Waals surface area contributed by atoms with Crippen molar-refractivity contribution in [1.82, 2.24) is 14.9 Å². The van der Waals surface area contributed by atoms with Gasteiger partial charge in [-0.3, -0.25) is 14.5 Å². The summed E-state index contributed by atoms with van der Waals surface area (Å²) in [7, 11) is 1.54. The molecule has 1 unspecified atom stereocenters. The van der Waals surface area contributed by atoms with E-state index in [4.69, 9.17) is 14.2 Å². The van der Waals surface area contributed by atoms with Gasteiger partial charge in [-0.25, -0.2) is 4.98 Å². The first-order valence-electron chi connectivity index (χ1n) is 10.4. The summed E-state index contributed by atoms with van der Waals surface area (Å²) < 4.78 is 16.5. The molecule has 2 aromatic heterocycles. The van der Waals surface area contributed by atoms with Crippen molar-refractivity contribution in [3.05, 3.63) is 59.7 Å². The summed E-state index contributed by atoms with van der Waals surface area (Å²) in [5.74, 6) is 0.451. The van der Waals surface area contributed by atoms with Crippen LogP contribution in [0.2, 0.25) is 0 Å². The Bertz CT molecular complexity index is 1180. The molecule has 1 aromatic carbocycles. The fraction of sp³-hybridized carbons (Fsp3) is 0.304. The summed E-state index contributed by atoms with van der Waals surface area (Å²) in [6.07, 6.45) is -0.765. The van der Waals surface area contributed by atoms with Crippen LogP contribution in [0.15, 0.2) is 48.5 Å². The van der Waals surface area contributed by atoms with Crippen LogP contribution in [0, 0.1) is 0 Å². The van der Waals surface area contributed by atoms with Gasteiger partial charge in [-0.15, -0.1) is 0 Å². The molecule has 2 amide bonds. The first-order valence-corrected chi connectivity index (χ1v) is 10.4. The predicted molar refractivity (Wildman–Crippen MR) is 115 cm³/mol. The number of carbonyl (C=O) groups excluding carboxylic acids is 2. The summed E-state index contributed by atoms with van der Waals surface area (Å²) in [6.45, 7) is 1.94. The van der Waals surface area contributed by atoms with Crippen LogP contribution in [0.3, 0.4) is 0 Å². The number of aromatic nitrogens is 2. The van der Waals surface area contributed by atoms with E-state index in [1.54, 1.807) is 29.2 Å². The van der Waals surface area contributed by atoms with Crippen molar-refractivity contribution in [1.29, 1.82) is 0 Å². The normalized spacial score (nSPS) is 18.2. The molecule has 2 aliphatic heterocycles. The minimum Gasteiger partial charge on any atom is -0.481 e. The lowest BCUT2D eigenvalue weighted by Crippen LogP contribution is -2.43. The Morgan fingerprint density at radius 3 is 2.69 bits per heavy atom. The monoisotopic (exact) mass is 434 g/mol. The lowest BCUT2D eigenvalue weighted by Gasteiger charge is -2.29. The zero-order valence-corrected chi connectivity index (χ0v) is 17.6. The average molecular weight is 434 g/mol. The predicted octanol–water partition coefficient (Wildman–Crippen LogP) is 2.17. The average Bonchev–Trinajstić information content (AvgIpc) is 3.14. The molecule has 0 aliphatic carbocycles. The van der Waals surface area contributed by atoms with Gasteiger partial charge in [0.15, 0.2) is 11.9 Å². The number of nitrogens with zero attached hydrogens (tertiary/aromatic N) is 4. The standard InChI is InChI=1S/C23H22N4O5/c1-30-19-9-7-15-6-8-18(24-21(15)25-19)27-22(29)16-4-2-3-5-17(16)23(27)32-14-20(28)26-10-12-31-13-11-26/h2-9,23H,10-14H2,1H3. The Morgan fingerprint density at radius 2 is 1.88 bits per heavy atom. The molecule has 9 heteroatoms. The van der Waals surface area contributed by atoms with E-state index >= 15 is 0 Å². The maximum Gasteiger partial charge on any atom is 0.262 e. The van der Waals surface area contributed by atoms with E-state index in [1.165, 1.54) is 12.0 Å². The van der Waals surface area contributed by atoms with E-state index in [-0.39, 0.29) is 18.4 Å². The smallest absolute Gasteiger partial charge is 0.262 e. The molecule has 0 N–H and O–H groups in total. The lowest BCUT2D eigenvalue weighted by molar-refractivity contribution is -0.142. The third kappa shape index (κ3) is 3.65. The number of benzene rings is 1. The Balaban J connectivity index is 1.46. The summed E-state index contributed by atoms with van der Waals surface area (Å²) in [5, 5.41) is 0.818. The van der Waals surface area contributed by atoms with Crippen LogP contribution in [0.1, 0.15) is 22.1 Å². The summed E-state index contributed by atoms with van der Waals surface area (Å²) in [5.41, 5.74) is 1.68. The van der Waals surface area contributed by atoms with Gasteiger partial charge in [0, 0.05) is 35.7 Å². The second-order valence-corrected chi connectivity index (χ2v) is 7.49. The molecule has 4 heterocycles. The van der Waals surface area contributed by atoms with Crippen molar-refractivity contribution >= 4 is 28.7 Å². The van der Waals surface area contributed by atoms with Gasteiger partial charge in [-0.05, 0) is 24.3 Å². The highest BCUT2D eigenvalue weighted by Crippen LogP contribution is 2.38. The van der Waals surface area contributed by atoms with E-state index < -0.39 is 6.23 Å². The van der Waals surface area contributed by atoms with Crippen LogP contribution in [0.4, 0.5) is 5.82 Å². The van der Waals surface area contributed by atoms with Gasteiger partial charge in [0.2, 0.25) is 11.8 Å². The quantitative estimate of drug-likeness (QED) is 0.607. The van der Waals surface area contributed by atoms with Crippen molar-refractivity contribution in [2.75, 3.05) is 44.9 Å². The van der Waals surface area contributed by atoms with Crippen LogP contribution >= 0.6 is 0 Å². The number of hydrogen-bond donors (Lipinski definition) is 0. The first kappa shape index (κ1) is 20.3. The van der Waals surface area contributed by atoms with Crippen molar-refractivity contribution in [3.8, 4) is 5.88 Å². The Kier molecular flexibility index (Phi) is 5.42. The van der Waals surface area contributed by atoms with Gasteiger partial charge >= 0.3 is 0 Å². The number of fused-ring (bicyclic) bond motifs is 2. The maximum atomic E-state index is 13.3. The summed E-state index contributed by atoms with van der Waals surface area (Å²) in [4.78, 5) is 38.0. The number of carbonyl (C=O) groups is 2. The van der Waals surface area contributed by atoms with E-state index in [9.17, 15) is 9.59 Å². The zero-order chi connectivity index (χ0) is 22.1. The molecule has 164 valence electrons. The molecule has 0 saturated carbocycles. The molecule has 32 heavy (non-hydrogen) atoms. The molecule has 1 atom stereocenters. The van der Waals surface area contributed by atoms with Crippen LogP contribution < -0.4 is 9.64 Å². The van der Waals surface area contributed by atoms with Crippen molar-refractivity contribution in [3.63, 3.8) is 0 Å². The highest BCUT2D eigenvalue weighted by molar-refractivity contribution is 6.10. The van der Waals surface area contributed by atoms with Gasteiger partial charge in [0.1, 0.15) is 12.4 Å². The third-order valence-corrected chi connectivity index (χ3v) is 5.61. The molecule has 3 aromatic rings. The van der Waals surface area contributed by atoms with Crippen LogP contribution in [-0.2, 0) is 14.3 Å². The highest BCUT2D eigenvalue weighted by atomic mass is 16.5. The highest BCUT2D eigenvalue weighted by Gasteiger charge is 2.39. The second-order valence-electron chi connectivity index (χ2n) is 7.49. The Hall–Kier alpha value is -3.56. The van der Waals surface area contributed by atoms with Gasteiger partial charge in [0.05, 0.1) is 20.3 Å².